The summed E-state index contributed by atoms with van der Waals surface area (Å²) >= 11 is 0. The molecule has 0 saturated heterocycles. The van der Waals surface area contributed by atoms with Gasteiger partial charge in [-0.15, -0.1) is 0 Å². The van der Waals surface area contributed by atoms with Crippen LogP contribution in [0.15, 0.2) is 12.3 Å². The third kappa shape index (κ3) is 2.67. The molecule has 1 amide bonds. The van der Waals surface area contributed by atoms with Crippen molar-refractivity contribution in [3.8, 4) is 0 Å². The summed E-state index contributed by atoms with van der Waals surface area (Å²) < 4.78 is 3.58. The number of pyridine rings is 1. The van der Waals surface area contributed by atoms with Crippen molar-refractivity contribution in [2.75, 3.05) is 0 Å². The zero-order chi connectivity index (χ0) is 18.6. The van der Waals surface area contributed by atoms with E-state index in [0.29, 0.717) is 11.5 Å². The van der Waals surface area contributed by atoms with Gasteiger partial charge < -0.3 is 5.32 Å². The van der Waals surface area contributed by atoms with Crippen molar-refractivity contribution in [2.45, 2.75) is 45.6 Å². The molecule has 7 heteroatoms. The highest BCUT2D eigenvalue weighted by atomic mass is 16.1. The van der Waals surface area contributed by atoms with Gasteiger partial charge in [0, 0.05) is 37.0 Å². The van der Waals surface area contributed by atoms with Crippen LogP contribution in [0.25, 0.3) is 11.0 Å². The van der Waals surface area contributed by atoms with Crippen molar-refractivity contribution in [2.24, 2.45) is 14.1 Å². The molecule has 1 fully saturated rings. The van der Waals surface area contributed by atoms with E-state index in [0.717, 1.165) is 46.5 Å². The zero-order valence-electron chi connectivity index (χ0n) is 15.9. The van der Waals surface area contributed by atoms with E-state index in [4.69, 9.17) is 4.98 Å². The molecule has 26 heavy (non-hydrogen) atoms. The van der Waals surface area contributed by atoms with Gasteiger partial charge in [-0.05, 0) is 39.7 Å². The largest absolute Gasteiger partial charge is 0.345 e. The van der Waals surface area contributed by atoms with Gasteiger partial charge >= 0.3 is 0 Å². The van der Waals surface area contributed by atoms with E-state index in [-0.39, 0.29) is 11.9 Å². The number of fused-ring (bicyclic) bond motifs is 1. The fourth-order valence-corrected chi connectivity index (χ4v) is 3.67. The molecule has 0 radical (unpaired) electrons. The minimum absolute atomic E-state index is 0.0950. The topological polar surface area (TPSA) is 77.6 Å². The van der Waals surface area contributed by atoms with Gasteiger partial charge in [0.2, 0.25) is 0 Å². The molecular weight excluding hydrogens is 328 g/mol. The van der Waals surface area contributed by atoms with Gasteiger partial charge in [-0.25, -0.2) is 4.98 Å². The first-order valence-electron chi connectivity index (χ1n) is 9.00. The van der Waals surface area contributed by atoms with Crippen molar-refractivity contribution in [1.29, 1.82) is 0 Å². The SMILES string of the molecule is Cc1nn(C)c(C)c1[C@@H](C)NC(=O)c1cc(C2CC2)nc2c1cnn2C. The summed E-state index contributed by atoms with van der Waals surface area (Å²) in [6.45, 7) is 6.00. The molecule has 0 unspecified atom stereocenters. The van der Waals surface area contributed by atoms with Crippen LogP contribution < -0.4 is 5.32 Å². The Morgan fingerprint density at radius 1 is 1.27 bits per heavy atom. The lowest BCUT2D eigenvalue weighted by atomic mass is 10.0. The minimum atomic E-state index is -0.125. The molecule has 0 aliphatic heterocycles. The Labute approximate surface area is 152 Å². The minimum Gasteiger partial charge on any atom is -0.345 e. The maximum absolute atomic E-state index is 13.1. The van der Waals surface area contributed by atoms with E-state index < -0.39 is 0 Å². The van der Waals surface area contributed by atoms with Crippen molar-refractivity contribution in [1.82, 2.24) is 29.9 Å². The normalized spacial score (nSPS) is 15.4. The quantitative estimate of drug-likeness (QED) is 0.783. The first-order valence-corrected chi connectivity index (χ1v) is 9.00. The van der Waals surface area contributed by atoms with Gasteiger partial charge in [-0.2, -0.15) is 10.2 Å². The van der Waals surface area contributed by atoms with E-state index in [9.17, 15) is 4.79 Å². The molecule has 1 saturated carbocycles. The van der Waals surface area contributed by atoms with Crippen LogP contribution in [0.4, 0.5) is 0 Å². The third-order valence-electron chi connectivity index (χ3n) is 5.31. The van der Waals surface area contributed by atoms with Crippen molar-refractivity contribution >= 4 is 16.9 Å². The van der Waals surface area contributed by atoms with Gasteiger partial charge in [0.05, 0.1) is 28.9 Å². The molecule has 4 rings (SSSR count). The zero-order valence-corrected chi connectivity index (χ0v) is 15.9. The number of carbonyl (C=O) groups is 1. The number of hydrogen-bond donors (Lipinski definition) is 1. The van der Waals surface area contributed by atoms with E-state index in [1.165, 1.54) is 0 Å². The lowest BCUT2D eigenvalue weighted by Crippen LogP contribution is -2.27. The molecule has 0 spiro atoms. The van der Waals surface area contributed by atoms with Crippen molar-refractivity contribution in [3.05, 3.63) is 40.5 Å². The Kier molecular flexibility index (Phi) is 3.82. The molecule has 1 N–H and O–H groups in total. The van der Waals surface area contributed by atoms with E-state index in [1.54, 1.807) is 10.9 Å². The van der Waals surface area contributed by atoms with E-state index in [2.05, 4.69) is 15.5 Å². The first-order chi connectivity index (χ1) is 12.4. The molecule has 1 aliphatic rings. The average Bonchev–Trinajstić information content (AvgIpc) is 3.32. The number of rotatable bonds is 4. The van der Waals surface area contributed by atoms with Crippen LogP contribution in [0.3, 0.4) is 0 Å². The predicted octanol–water partition coefficient (Wildman–Crippen LogP) is 2.69. The van der Waals surface area contributed by atoms with Gasteiger partial charge in [0.25, 0.3) is 5.91 Å². The van der Waals surface area contributed by atoms with Crippen molar-refractivity contribution in [3.63, 3.8) is 0 Å². The maximum atomic E-state index is 13.1. The molecule has 0 aromatic carbocycles. The van der Waals surface area contributed by atoms with E-state index in [1.807, 2.05) is 45.6 Å². The number of carbonyl (C=O) groups excluding carboxylic acids is 1. The summed E-state index contributed by atoms with van der Waals surface area (Å²) in [6, 6.07) is 1.81. The Balaban J connectivity index is 1.70. The summed E-state index contributed by atoms with van der Waals surface area (Å²) in [7, 11) is 3.78. The summed E-state index contributed by atoms with van der Waals surface area (Å²) in [5.74, 6) is 0.378. The second kappa shape index (κ2) is 5.93. The average molecular weight is 352 g/mol. The summed E-state index contributed by atoms with van der Waals surface area (Å²) in [5.41, 5.74) is 5.48. The van der Waals surface area contributed by atoms with Gasteiger partial charge in [-0.3, -0.25) is 14.2 Å². The van der Waals surface area contributed by atoms with Crippen LogP contribution in [0.1, 0.15) is 64.7 Å². The van der Waals surface area contributed by atoms with Crippen LogP contribution in [0, 0.1) is 13.8 Å². The first kappa shape index (κ1) is 16.8. The number of nitrogens with zero attached hydrogens (tertiary/aromatic N) is 5. The molecular formula is C19H24N6O. The second-order valence-corrected chi connectivity index (χ2v) is 7.28. The Morgan fingerprint density at radius 3 is 2.62 bits per heavy atom. The van der Waals surface area contributed by atoms with E-state index >= 15 is 0 Å². The molecule has 1 atom stereocenters. The molecule has 3 aromatic rings. The standard InChI is InChI=1S/C19H24N6O/c1-10(17-11(2)23-24(4)12(17)3)21-19(26)14-8-16(13-6-7-13)22-18-15(14)9-20-25(18)5/h8-10,13H,6-7H2,1-5H3,(H,21,26)/t10-/m1/s1. The lowest BCUT2D eigenvalue weighted by Gasteiger charge is -2.16. The van der Waals surface area contributed by atoms with Crippen LogP contribution in [-0.2, 0) is 14.1 Å². The molecule has 0 bridgehead atoms. The second-order valence-electron chi connectivity index (χ2n) is 7.28. The fourth-order valence-electron chi connectivity index (χ4n) is 3.67. The monoisotopic (exact) mass is 352 g/mol. The molecule has 1 aliphatic carbocycles. The molecule has 3 heterocycles. The highest BCUT2D eigenvalue weighted by Crippen LogP contribution is 2.40. The summed E-state index contributed by atoms with van der Waals surface area (Å²) in [5, 5.41) is 12.7. The molecule has 136 valence electrons. The van der Waals surface area contributed by atoms with Gasteiger partial charge in [-0.1, -0.05) is 0 Å². The number of aryl methyl sites for hydroxylation is 3. The Morgan fingerprint density at radius 2 is 2.00 bits per heavy atom. The van der Waals surface area contributed by atoms with Crippen LogP contribution in [0.2, 0.25) is 0 Å². The third-order valence-corrected chi connectivity index (χ3v) is 5.31. The molecule has 3 aromatic heterocycles. The van der Waals surface area contributed by atoms with Crippen LogP contribution in [-0.4, -0.2) is 30.5 Å². The Hall–Kier alpha value is -2.70. The van der Waals surface area contributed by atoms with Crippen molar-refractivity contribution < 1.29 is 4.79 Å². The predicted molar refractivity (Wildman–Crippen MR) is 99.0 cm³/mol. The van der Waals surface area contributed by atoms with Crippen LogP contribution in [0.5, 0.6) is 0 Å². The highest BCUT2D eigenvalue weighted by molar-refractivity contribution is 6.05. The lowest BCUT2D eigenvalue weighted by molar-refractivity contribution is 0.0941. The highest BCUT2D eigenvalue weighted by Gasteiger charge is 2.28. The summed E-state index contributed by atoms with van der Waals surface area (Å²) in [6.07, 6.45) is 4.00. The van der Waals surface area contributed by atoms with Crippen LogP contribution >= 0.6 is 0 Å². The number of nitrogens with one attached hydrogen (secondary N) is 1. The smallest absolute Gasteiger partial charge is 0.252 e. The maximum Gasteiger partial charge on any atom is 0.252 e. The number of amides is 1. The Bertz CT molecular complexity index is 1010. The van der Waals surface area contributed by atoms with Gasteiger partial charge in [0.1, 0.15) is 0 Å². The number of hydrogen-bond acceptors (Lipinski definition) is 4. The number of aromatic nitrogens is 5. The fraction of sp³-hybridized carbons (Fsp3) is 0.474. The van der Waals surface area contributed by atoms with Gasteiger partial charge in [0.15, 0.2) is 5.65 Å². The summed E-state index contributed by atoms with van der Waals surface area (Å²) in [4.78, 5) is 17.8. The molecule has 7 nitrogen and oxygen atoms in total.